The smallest absolute Gasteiger partial charge is 0.303 e. The number of ether oxygens (including phenoxy) is 1. The predicted octanol–water partition coefficient (Wildman–Crippen LogP) is 3.02. The van der Waals surface area contributed by atoms with Crippen LogP contribution in [-0.4, -0.2) is 36.2 Å². The van der Waals surface area contributed by atoms with Gasteiger partial charge in [0.2, 0.25) is 0 Å². The van der Waals surface area contributed by atoms with Gasteiger partial charge in [-0.05, 0) is 48.9 Å². The van der Waals surface area contributed by atoms with Crippen LogP contribution in [0.15, 0.2) is 24.3 Å². The third-order valence-electron chi connectivity index (χ3n) is 4.38. The molecule has 1 aromatic carbocycles. The van der Waals surface area contributed by atoms with Crippen molar-refractivity contribution in [2.24, 2.45) is 11.8 Å². The molecule has 1 aliphatic rings. The standard InChI is InChI=1S/C17H25NO3/c1-13(9-17(19)20)15-6-4-8-18(12-15)11-14-5-3-7-16(10-14)21-2/h3,5,7,10,13,15H,4,6,8-9,11-12H2,1-2H3,(H,19,20). The summed E-state index contributed by atoms with van der Waals surface area (Å²) in [5, 5.41) is 8.95. The first-order chi connectivity index (χ1) is 10.1. The van der Waals surface area contributed by atoms with Gasteiger partial charge in [-0.15, -0.1) is 0 Å². The minimum absolute atomic E-state index is 0.246. The van der Waals surface area contributed by atoms with E-state index >= 15 is 0 Å². The molecule has 116 valence electrons. The van der Waals surface area contributed by atoms with Gasteiger partial charge in [0.25, 0.3) is 0 Å². The van der Waals surface area contributed by atoms with E-state index in [1.165, 1.54) is 5.56 Å². The molecule has 2 atom stereocenters. The second kappa shape index (κ2) is 7.46. The summed E-state index contributed by atoms with van der Waals surface area (Å²) in [5.74, 6) is 0.934. The SMILES string of the molecule is COc1cccc(CN2CCCC(C(C)CC(=O)O)C2)c1. The lowest BCUT2D eigenvalue weighted by atomic mass is 9.84. The molecule has 2 rings (SSSR count). The molecular weight excluding hydrogens is 266 g/mol. The molecule has 0 aromatic heterocycles. The van der Waals surface area contributed by atoms with Gasteiger partial charge in [0, 0.05) is 19.5 Å². The van der Waals surface area contributed by atoms with Gasteiger partial charge in [-0.2, -0.15) is 0 Å². The van der Waals surface area contributed by atoms with Gasteiger partial charge in [-0.3, -0.25) is 9.69 Å². The van der Waals surface area contributed by atoms with Crippen LogP contribution < -0.4 is 4.74 Å². The minimum Gasteiger partial charge on any atom is -0.497 e. The number of hydrogen-bond donors (Lipinski definition) is 1. The van der Waals surface area contributed by atoms with Crippen LogP contribution in [0.1, 0.15) is 31.7 Å². The van der Waals surface area contributed by atoms with E-state index in [1.54, 1.807) is 7.11 Å². The van der Waals surface area contributed by atoms with Gasteiger partial charge in [0.05, 0.1) is 7.11 Å². The van der Waals surface area contributed by atoms with Crippen molar-refractivity contribution in [3.05, 3.63) is 29.8 Å². The fraction of sp³-hybridized carbons (Fsp3) is 0.588. The van der Waals surface area contributed by atoms with Crippen LogP contribution in [0.4, 0.5) is 0 Å². The first kappa shape index (κ1) is 15.8. The molecule has 0 spiro atoms. The zero-order valence-corrected chi connectivity index (χ0v) is 12.9. The highest BCUT2D eigenvalue weighted by Gasteiger charge is 2.25. The number of nitrogens with zero attached hydrogens (tertiary/aromatic N) is 1. The molecule has 1 saturated heterocycles. The Hall–Kier alpha value is -1.55. The predicted molar refractivity (Wildman–Crippen MR) is 82.4 cm³/mol. The van der Waals surface area contributed by atoms with Gasteiger partial charge in [0.1, 0.15) is 5.75 Å². The van der Waals surface area contributed by atoms with Gasteiger partial charge in [-0.1, -0.05) is 19.1 Å². The van der Waals surface area contributed by atoms with Crippen molar-refractivity contribution in [2.45, 2.75) is 32.7 Å². The van der Waals surface area contributed by atoms with Crippen LogP contribution in [0.2, 0.25) is 0 Å². The van der Waals surface area contributed by atoms with Crippen molar-refractivity contribution < 1.29 is 14.6 Å². The molecule has 4 nitrogen and oxygen atoms in total. The van der Waals surface area contributed by atoms with Crippen LogP contribution >= 0.6 is 0 Å². The van der Waals surface area contributed by atoms with E-state index in [1.807, 2.05) is 12.1 Å². The molecule has 0 aliphatic carbocycles. The number of methoxy groups -OCH3 is 1. The molecule has 1 aliphatic heterocycles. The third kappa shape index (κ3) is 4.74. The molecule has 1 aromatic rings. The van der Waals surface area contributed by atoms with E-state index in [2.05, 4.69) is 24.0 Å². The maximum absolute atomic E-state index is 10.9. The summed E-state index contributed by atoms with van der Waals surface area (Å²) in [7, 11) is 1.68. The highest BCUT2D eigenvalue weighted by Crippen LogP contribution is 2.27. The molecule has 2 unspecified atom stereocenters. The van der Waals surface area contributed by atoms with Gasteiger partial charge >= 0.3 is 5.97 Å². The van der Waals surface area contributed by atoms with Crippen molar-refractivity contribution in [1.82, 2.24) is 4.90 Å². The first-order valence-electron chi connectivity index (χ1n) is 7.65. The highest BCUT2D eigenvalue weighted by atomic mass is 16.5. The van der Waals surface area contributed by atoms with Crippen LogP contribution in [0, 0.1) is 11.8 Å². The second-order valence-electron chi connectivity index (χ2n) is 6.06. The number of carbonyl (C=O) groups is 1. The lowest BCUT2D eigenvalue weighted by Gasteiger charge is -2.35. The number of carboxylic acid groups (broad SMARTS) is 1. The van der Waals surface area contributed by atoms with Crippen LogP contribution in [-0.2, 0) is 11.3 Å². The van der Waals surface area contributed by atoms with Crippen LogP contribution in [0.3, 0.4) is 0 Å². The summed E-state index contributed by atoms with van der Waals surface area (Å²) < 4.78 is 5.26. The lowest BCUT2D eigenvalue weighted by Crippen LogP contribution is -2.37. The molecule has 0 amide bonds. The van der Waals surface area contributed by atoms with Crippen LogP contribution in [0.25, 0.3) is 0 Å². The Balaban J connectivity index is 1.92. The van der Waals surface area contributed by atoms with Crippen LogP contribution in [0.5, 0.6) is 5.75 Å². The molecule has 0 bridgehead atoms. The Morgan fingerprint density at radius 1 is 1.52 bits per heavy atom. The number of carboxylic acids is 1. The Labute approximate surface area is 126 Å². The number of benzene rings is 1. The van der Waals surface area contributed by atoms with E-state index in [4.69, 9.17) is 9.84 Å². The maximum atomic E-state index is 10.9. The second-order valence-corrected chi connectivity index (χ2v) is 6.06. The Kier molecular flexibility index (Phi) is 5.62. The first-order valence-corrected chi connectivity index (χ1v) is 7.65. The number of piperidine rings is 1. The molecule has 0 saturated carbocycles. The van der Waals surface area contributed by atoms with E-state index in [-0.39, 0.29) is 12.3 Å². The number of aliphatic carboxylic acids is 1. The molecule has 0 radical (unpaired) electrons. The van der Waals surface area contributed by atoms with Crippen molar-refractivity contribution >= 4 is 5.97 Å². The summed E-state index contributed by atoms with van der Waals surface area (Å²) in [6.07, 6.45) is 2.57. The Morgan fingerprint density at radius 2 is 2.33 bits per heavy atom. The van der Waals surface area contributed by atoms with Gasteiger partial charge in [0.15, 0.2) is 0 Å². The number of likely N-dealkylation sites (tertiary alicyclic amines) is 1. The summed E-state index contributed by atoms with van der Waals surface area (Å²) >= 11 is 0. The van der Waals surface area contributed by atoms with E-state index < -0.39 is 5.97 Å². The summed E-state index contributed by atoms with van der Waals surface area (Å²) in [6.45, 7) is 5.06. The largest absolute Gasteiger partial charge is 0.497 e. The molecular formula is C17H25NO3. The number of hydrogen-bond acceptors (Lipinski definition) is 3. The van der Waals surface area contributed by atoms with Crippen molar-refractivity contribution in [2.75, 3.05) is 20.2 Å². The zero-order chi connectivity index (χ0) is 15.2. The minimum atomic E-state index is -0.688. The molecule has 21 heavy (non-hydrogen) atoms. The highest BCUT2D eigenvalue weighted by molar-refractivity contribution is 5.67. The molecule has 1 fully saturated rings. The molecule has 1 N–H and O–H groups in total. The summed E-state index contributed by atoms with van der Waals surface area (Å²) in [6, 6.07) is 8.16. The Morgan fingerprint density at radius 3 is 3.05 bits per heavy atom. The maximum Gasteiger partial charge on any atom is 0.303 e. The number of rotatable bonds is 6. The Bertz CT molecular complexity index is 475. The molecule has 1 heterocycles. The topological polar surface area (TPSA) is 49.8 Å². The van der Waals surface area contributed by atoms with E-state index in [0.29, 0.717) is 5.92 Å². The van der Waals surface area contributed by atoms with Crippen molar-refractivity contribution in [3.63, 3.8) is 0 Å². The van der Waals surface area contributed by atoms with E-state index in [0.717, 1.165) is 38.2 Å². The monoisotopic (exact) mass is 291 g/mol. The quantitative estimate of drug-likeness (QED) is 0.875. The fourth-order valence-corrected chi connectivity index (χ4v) is 3.17. The average molecular weight is 291 g/mol. The lowest BCUT2D eigenvalue weighted by molar-refractivity contribution is -0.138. The van der Waals surface area contributed by atoms with Crippen molar-refractivity contribution in [3.8, 4) is 5.75 Å². The fourth-order valence-electron chi connectivity index (χ4n) is 3.17. The van der Waals surface area contributed by atoms with Gasteiger partial charge < -0.3 is 9.84 Å². The third-order valence-corrected chi connectivity index (χ3v) is 4.38. The van der Waals surface area contributed by atoms with Gasteiger partial charge in [-0.25, -0.2) is 0 Å². The van der Waals surface area contributed by atoms with E-state index in [9.17, 15) is 4.79 Å². The summed E-state index contributed by atoms with van der Waals surface area (Å²) in [5.41, 5.74) is 1.25. The zero-order valence-electron chi connectivity index (χ0n) is 12.9. The average Bonchev–Trinajstić information content (AvgIpc) is 2.47. The molecule has 4 heteroatoms. The van der Waals surface area contributed by atoms with Crippen molar-refractivity contribution in [1.29, 1.82) is 0 Å². The summed E-state index contributed by atoms with van der Waals surface area (Å²) in [4.78, 5) is 13.3. The normalized spacial score (nSPS) is 21.0.